The van der Waals surface area contributed by atoms with Crippen LogP contribution < -0.4 is 14.8 Å². The zero-order chi connectivity index (χ0) is 18.8. The lowest BCUT2D eigenvalue weighted by Gasteiger charge is -2.12. The summed E-state index contributed by atoms with van der Waals surface area (Å²) in [6.45, 7) is 0.877. The summed E-state index contributed by atoms with van der Waals surface area (Å²) < 4.78 is 15.9. The van der Waals surface area contributed by atoms with Crippen LogP contribution in [0.15, 0.2) is 42.5 Å². The molecule has 0 bridgehead atoms. The fourth-order valence-electron chi connectivity index (χ4n) is 2.14. The lowest BCUT2D eigenvalue weighted by molar-refractivity contribution is -0.113. The number of benzene rings is 2. The van der Waals surface area contributed by atoms with E-state index >= 15 is 0 Å². The van der Waals surface area contributed by atoms with Crippen molar-refractivity contribution < 1.29 is 19.0 Å². The second-order valence-corrected chi connectivity index (χ2v) is 6.80. The van der Waals surface area contributed by atoms with Crippen LogP contribution in [0.25, 0.3) is 0 Å². The van der Waals surface area contributed by atoms with Crippen molar-refractivity contribution in [3.05, 3.63) is 53.1 Å². The fraction of sp³-hybridized carbons (Fsp3) is 0.316. The third-order valence-corrected chi connectivity index (χ3v) is 4.66. The maximum atomic E-state index is 12.1. The second-order valence-electron chi connectivity index (χ2n) is 5.37. The number of ether oxygens (including phenoxy) is 3. The monoisotopic (exact) mass is 395 g/mol. The first-order valence-electron chi connectivity index (χ1n) is 8.04. The Balaban J connectivity index is 1.85. The largest absolute Gasteiger partial charge is 0.493 e. The average molecular weight is 396 g/mol. The Morgan fingerprint density at radius 3 is 2.54 bits per heavy atom. The van der Waals surface area contributed by atoms with Crippen LogP contribution in [0.4, 0.5) is 5.69 Å². The van der Waals surface area contributed by atoms with Crippen molar-refractivity contribution >= 4 is 35.0 Å². The van der Waals surface area contributed by atoms with Gasteiger partial charge in [-0.2, -0.15) is 0 Å². The average Bonchev–Trinajstić information content (AvgIpc) is 2.64. The lowest BCUT2D eigenvalue weighted by atomic mass is 10.2. The number of amides is 1. The van der Waals surface area contributed by atoms with E-state index in [1.807, 2.05) is 24.3 Å². The molecule has 26 heavy (non-hydrogen) atoms. The first-order chi connectivity index (χ1) is 12.6. The molecule has 0 aliphatic carbocycles. The van der Waals surface area contributed by atoms with E-state index in [2.05, 4.69) is 5.32 Å². The smallest absolute Gasteiger partial charge is 0.234 e. The first-order valence-corrected chi connectivity index (χ1v) is 9.57. The number of nitrogens with one attached hydrogen (secondary N) is 1. The van der Waals surface area contributed by atoms with Crippen molar-refractivity contribution in [2.24, 2.45) is 0 Å². The molecular formula is C19H22ClNO4S. The Labute approximate surface area is 163 Å². The van der Waals surface area contributed by atoms with Crippen LogP contribution >= 0.6 is 23.4 Å². The quantitative estimate of drug-likeness (QED) is 0.609. The van der Waals surface area contributed by atoms with Gasteiger partial charge in [0.25, 0.3) is 0 Å². The number of carbonyl (C=O) groups excluding carboxylic acids is 1. The zero-order valence-electron chi connectivity index (χ0n) is 14.8. The first kappa shape index (κ1) is 20.4. The molecule has 2 aromatic carbocycles. The summed E-state index contributed by atoms with van der Waals surface area (Å²) in [4.78, 5) is 12.1. The van der Waals surface area contributed by atoms with Gasteiger partial charge in [0.15, 0.2) is 11.5 Å². The van der Waals surface area contributed by atoms with Crippen LogP contribution in [0.2, 0.25) is 5.02 Å². The van der Waals surface area contributed by atoms with Crippen molar-refractivity contribution in [2.75, 3.05) is 38.5 Å². The van der Waals surface area contributed by atoms with Gasteiger partial charge in [-0.3, -0.25) is 4.79 Å². The van der Waals surface area contributed by atoms with Crippen molar-refractivity contribution in [3.8, 4) is 11.5 Å². The Kier molecular flexibility index (Phi) is 8.61. The molecule has 0 saturated heterocycles. The molecule has 0 unspecified atom stereocenters. The van der Waals surface area contributed by atoms with Crippen LogP contribution in [0.1, 0.15) is 5.56 Å². The number of hydrogen-bond acceptors (Lipinski definition) is 5. The number of hydrogen-bond donors (Lipinski definition) is 1. The summed E-state index contributed by atoms with van der Waals surface area (Å²) in [6.07, 6.45) is 0. The predicted molar refractivity (Wildman–Crippen MR) is 107 cm³/mol. The molecule has 0 spiro atoms. The molecule has 0 heterocycles. The minimum absolute atomic E-state index is 0.0722. The van der Waals surface area contributed by atoms with Crippen LogP contribution in [-0.4, -0.2) is 39.1 Å². The van der Waals surface area contributed by atoms with Crippen molar-refractivity contribution in [3.63, 3.8) is 0 Å². The summed E-state index contributed by atoms with van der Waals surface area (Å²) >= 11 is 7.40. The number of anilines is 1. The van der Waals surface area contributed by atoms with Gasteiger partial charge < -0.3 is 19.5 Å². The van der Waals surface area contributed by atoms with Crippen molar-refractivity contribution in [1.82, 2.24) is 0 Å². The molecule has 5 nitrogen and oxygen atoms in total. The standard InChI is InChI=1S/C19H22ClNO4S/c1-23-9-10-25-18-11-16(7-8-17(18)24-2)21-19(22)13-26-12-14-3-5-15(20)6-4-14/h3-8,11H,9-10,12-13H2,1-2H3,(H,21,22). The third-order valence-electron chi connectivity index (χ3n) is 3.41. The highest BCUT2D eigenvalue weighted by Crippen LogP contribution is 2.30. The SMILES string of the molecule is COCCOc1cc(NC(=O)CSCc2ccc(Cl)cc2)ccc1OC. The minimum Gasteiger partial charge on any atom is -0.493 e. The third kappa shape index (κ3) is 6.78. The van der Waals surface area contributed by atoms with Gasteiger partial charge in [0.05, 0.1) is 19.5 Å². The molecule has 0 fully saturated rings. The zero-order valence-corrected chi connectivity index (χ0v) is 16.4. The van der Waals surface area contributed by atoms with E-state index in [-0.39, 0.29) is 5.91 Å². The summed E-state index contributed by atoms with van der Waals surface area (Å²) in [5, 5.41) is 3.58. The molecule has 1 amide bonds. The number of methoxy groups -OCH3 is 2. The number of halogens is 1. The summed E-state index contributed by atoms with van der Waals surface area (Å²) in [5.74, 6) is 2.21. The van der Waals surface area contributed by atoms with E-state index in [1.165, 1.54) is 0 Å². The fourth-order valence-corrected chi connectivity index (χ4v) is 3.06. The van der Waals surface area contributed by atoms with Crippen LogP contribution in [0, 0.1) is 0 Å². The molecule has 2 aromatic rings. The molecule has 1 N–H and O–H groups in total. The van der Waals surface area contributed by atoms with Gasteiger partial charge in [0, 0.05) is 29.6 Å². The Bertz CT molecular complexity index is 709. The van der Waals surface area contributed by atoms with Gasteiger partial charge in [-0.25, -0.2) is 0 Å². The highest BCUT2D eigenvalue weighted by molar-refractivity contribution is 7.99. The molecule has 140 valence electrons. The molecule has 2 rings (SSSR count). The number of rotatable bonds is 10. The summed E-state index contributed by atoms with van der Waals surface area (Å²) in [5.41, 5.74) is 1.79. The molecule has 0 saturated carbocycles. The van der Waals surface area contributed by atoms with E-state index < -0.39 is 0 Å². The van der Waals surface area contributed by atoms with Crippen molar-refractivity contribution in [2.45, 2.75) is 5.75 Å². The highest BCUT2D eigenvalue weighted by atomic mass is 35.5. The van der Waals surface area contributed by atoms with Crippen LogP contribution in [0.3, 0.4) is 0 Å². The van der Waals surface area contributed by atoms with Gasteiger partial charge in [-0.1, -0.05) is 23.7 Å². The normalized spacial score (nSPS) is 10.4. The van der Waals surface area contributed by atoms with E-state index in [9.17, 15) is 4.79 Å². The van der Waals surface area contributed by atoms with Gasteiger partial charge >= 0.3 is 0 Å². The van der Waals surface area contributed by atoms with Gasteiger partial charge in [-0.05, 0) is 29.8 Å². The summed E-state index contributed by atoms with van der Waals surface area (Å²) in [7, 11) is 3.18. The maximum Gasteiger partial charge on any atom is 0.234 e. The Morgan fingerprint density at radius 1 is 1.08 bits per heavy atom. The van der Waals surface area contributed by atoms with E-state index in [1.54, 1.807) is 44.2 Å². The molecule has 0 radical (unpaired) electrons. The number of carbonyl (C=O) groups is 1. The molecule has 0 aliphatic heterocycles. The summed E-state index contributed by atoms with van der Waals surface area (Å²) in [6, 6.07) is 12.9. The number of thioether (sulfide) groups is 1. The molecule has 0 aliphatic rings. The maximum absolute atomic E-state index is 12.1. The van der Waals surface area contributed by atoms with Gasteiger partial charge in [-0.15, -0.1) is 11.8 Å². The van der Waals surface area contributed by atoms with E-state index in [0.29, 0.717) is 41.2 Å². The van der Waals surface area contributed by atoms with Gasteiger partial charge in [0.1, 0.15) is 6.61 Å². The Hall–Kier alpha value is -1.89. The molecule has 0 aromatic heterocycles. The molecule has 7 heteroatoms. The van der Waals surface area contributed by atoms with Crippen LogP contribution in [-0.2, 0) is 15.3 Å². The predicted octanol–water partition coefficient (Wildman–Crippen LogP) is 4.25. The topological polar surface area (TPSA) is 56.8 Å². The van der Waals surface area contributed by atoms with Crippen LogP contribution in [0.5, 0.6) is 11.5 Å². The molecule has 0 atom stereocenters. The Morgan fingerprint density at radius 2 is 1.85 bits per heavy atom. The minimum atomic E-state index is -0.0722. The highest BCUT2D eigenvalue weighted by Gasteiger charge is 2.09. The van der Waals surface area contributed by atoms with Gasteiger partial charge in [0.2, 0.25) is 5.91 Å². The molecular weight excluding hydrogens is 374 g/mol. The van der Waals surface area contributed by atoms with E-state index in [4.69, 9.17) is 25.8 Å². The van der Waals surface area contributed by atoms with Crippen molar-refractivity contribution in [1.29, 1.82) is 0 Å². The second kappa shape index (κ2) is 11.0. The lowest BCUT2D eigenvalue weighted by Crippen LogP contribution is -2.14. The van der Waals surface area contributed by atoms with E-state index in [0.717, 1.165) is 11.3 Å².